The van der Waals surface area contributed by atoms with Gasteiger partial charge in [0.15, 0.2) is 4.93 Å². The van der Waals surface area contributed by atoms with E-state index < -0.39 is 39.8 Å². The van der Waals surface area contributed by atoms with E-state index in [-0.39, 0.29) is 29.6 Å². The zero-order chi connectivity index (χ0) is 12.8. The number of nitrogens with zero attached hydrogens (tertiary/aromatic N) is 1. The summed E-state index contributed by atoms with van der Waals surface area (Å²) in [7, 11) is -4.82. The van der Waals surface area contributed by atoms with Crippen LogP contribution in [0.4, 0.5) is 4.79 Å². The van der Waals surface area contributed by atoms with Crippen LogP contribution in [0.15, 0.2) is 0 Å². The molecule has 0 bridgehead atoms. The molecule has 1 fully saturated rings. The van der Waals surface area contributed by atoms with Crippen molar-refractivity contribution in [2.75, 3.05) is 13.1 Å². The number of amides is 1. The van der Waals surface area contributed by atoms with Gasteiger partial charge in [0, 0.05) is 0 Å². The first-order chi connectivity index (χ1) is 6.95. The third kappa shape index (κ3) is 4.08. The Morgan fingerprint density at radius 1 is 1.41 bits per heavy atom. The van der Waals surface area contributed by atoms with Gasteiger partial charge in [0.25, 0.3) is 0 Å². The van der Waals surface area contributed by atoms with Crippen molar-refractivity contribution >= 4 is 16.2 Å². The van der Waals surface area contributed by atoms with Gasteiger partial charge in [-0.1, -0.05) is 0 Å². The molecule has 0 unspecified atom stereocenters. The maximum absolute atomic E-state index is 11.4. The zero-order valence-corrected chi connectivity index (χ0v) is 13.1. The smallest absolute Gasteiger partial charge is 0.746 e. The largest absolute Gasteiger partial charge is 1.00 e. The van der Waals surface area contributed by atoms with Crippen molar-refractivity contribution in [2.45, 2.75) is 31.3 Å². The number of carbonyl (C=O) groups is 1. The van der Waals surface area contributed by atoms with Crippen molar-refractivity contribution in [1.82, 2.24) is 4.90 Å². The van der Waals surface area contributed by atoms with Gasteiger partial charge in [-0.2, -0.15) is 0 Å². The Morgan fingerprint density at radius 3 is 2.12 bits per heavy atom. The topological polar surface area (TPSA) is 107 Å². The molecule has 1 heterocycles. The van der Waals surface area contributed by atoms with E-state index in [1.165, 1.54) is 0 Å². The Morgan fingerprint density at radius 2 is 1.82 bits per heavy atom. The molecule has 0 spiro atoms. The molecule has 1 amide bonds. The van der Waals surface area contributed by atoms with Crippen LogP contribution in [0.5, 0.6) is 0 Å². The van der Waals surface area contributed by atoms with E-state index in [1.807, 2.05) is 0 Å². The summed E-state index contributed by atoms with van der Waals surface area (Å²) in [4.78, 5) is 9.94. The Balaban J connectivity index is 0.00000256. The molecule has 1 N–H and O–H groups in total. The zero-order valence-electron chi connectivity index (χ0n) is 10.3. The van der Waals surface area contributed by atoms with E-state index in [9.17, 15) is 22.9 Å². The van der Waals surface area contributed by atoms with E-state index >= 15 is 0 Å². The quantitative estimate of drug-likeness (QED) is 0.392. The second-order valence-corrected chi connectivity index (χ2v) is 6.40. The summed E-state index contributed by atoms with van der Waals surface area (Å²) in [6.45, 7) is 3.87. The van der Waals surface area contributed by atoms with Crippen molar-refractivity contribution in [3.8, 4) is 0 Å². The molecular formula is C8H14NNaO6S. The van der Waals surface area contributed by atoms with Gasteiger partial charge in [-0.25, -0.2) is 13.2 Å². The van der Waals surface area contributed by atoms with Crippen LogP contribution in [-0.4, -0.2) is 52.7 Å². The van der Waals surface area contributed by atoms with Crippen LogP contribution in [0.2, 0.25) is 0 Å². The maximum atomic E-state index is 11.4. The molecule has 94 valence electrons. The van der Waals surface area contributed by atoms with Crippen molar-refractivity contribution in [1.29, 1.82) is 0 Å². The molecule has 0 saturated carbocycles. The van der Waals surface area contributed by atoms with Crippen LogP contribution in [-0.2, 0) is 14.9 Å². The summed E-state index contributed by atoms with van der Waals surface area (Å²) in [5.41, 5.74) is -0.707. The number of hydrogen-bond donors (Lipinski definition) is 1. The van der Waals surface area contributed by atoms with Crippen molar-refractivity contribution in [3.05, 3.63) is 0 Å². The average molecular weight is 275 g/mol. The molecule has 0 aromatic carbocycles. The van der Waals surface area contributed by atoms with E-state index in [0.717, 1.165) is 4.90 Å². The monoisotopic (exact) mass is 275 g/mol. The minimum atomic E-state index is -4.82. The number of β-amino-alcohol motifs (C(OH)–C–C–N with tert-alkyl or cyclic N) is 1. The minimum Gasteiger partial charge on any atom is -0.746 e. The Hall–Kier alpha value is 0.140. The van der Waals surface area contributed by atoms with Gasteiger partial charge in [-0.05, 0) is 20.8 Å². The Labute approximate surface area is 122 Å². The molecule has 1 aliphatic heterocycles. The van der Waals surface area contributed by atoms with E-state index in [0.29, 0.717) is 0 Å². The molecule has 9 heteroatoms. The van der Waals surface area contributed by atoms with Gasteiger partial charge < -0.3 is 19.3 Å². The van der Waals surface area contributed by atoms with Crippen LogP contribution in [0.25, 0.3) is 0 Å². The Kier molecular flexibility index (Phi) is 5.06. The predicted molar refractivity (Wildman–Crippen MR) is 52.5 cm³/mol. The Bertz CT molecular complexity index is 395. The van der Waals surface area contributed by atoms with Crippen molar-refractivity contribution in [3.63, 3.8) is 0 Å². The summed E-state index contributed by atoms with van der Waals surface area (Å²) in [6, 6.07) is 0. The van der Waals surface area contributed by atoms with Crippen molar-refractivity contribution in [2.24, 2.45) is 0 Å². The summed E-state index contributed by atoms with van der Waals surface area (Å²) >= 11 is 0. The van der Waals surface area contributed by atoms with Crippen molar-refractivity contribution < 1.29 is 57.2 Å². The molecule has 1 saturated heterocycles. The molecule has 1 rings (SSSR count). The average Bonchev–Trinajstić information content (AvgIpc) is 1.92. The predicted octanol–water partition coefficient (Wildman–Crippen LogP) is -3.53. The fourth-order valence-corrected chi connectivity index (χ4v) is 1.79. The number of ether oxygens (including phenoxy) is 1. The van der Waals surface area contributed by atoms with Gasteiger partial charge in [0.2, 0.25) is 0 Å². The van der Waals surface area contributed by atoms with E-state index in [4.69, 9.17) is 4.74 Å². The first-order valence-electron chi connectivity index (χ1n) is 4.60. The summed E-state index contributed by atoms with van der Waals surface area (Å²) in [6.07, 6.45) is -0.749. The molecule has 0 atom stereocenters. The molecule has 0 aliphatic carbocycles. The first-order valence-corrected chi connectivity index (χ1v) is 6.01. The number of carbonyl (C=O) groups excluding carboxylic acids is 1. The number of aliphatic hydroxyl groups is 1. The third-order valence-electron chi connectivity index (χ3n) is 1.99. The number of rotatable bonds is 1. The normalized spacial score (nSPS) is 19.0. The van der Waals surface area contributed by atoms with Gasteiger partial charge >= 0.3 is 35.7 Å². The molecule has 17 heavy (non-hydrogen) atoms. The van der Waals surface area contributed by atoms with Crippen LogP contribution in [0.1, 0.15) is 20.8 Å². The molecule has 7 nitrogen and oxygen atoms in total. The van der Waals surface area contributed by atoms with E-state index in [2.05, 4.69) is 0 Å². The molecule has 1 aliphatic rings. The third-order valence-corrected chi connectivity index (χ3v) is 3.18. The fraction of sp³-hybridized carbons (Fsp3) is 0.875. The first kappa shape index (κ1) is 17.1. The van der Waals surface area contributed by atoms with E-state index in [1.54, 1.807) is 20.8 Å². The second-order valence-electron chi connectivity index (χ2n) is 4.74. The van der Waals surface area contributed by atoms with Gasteiger partial charge in [0.05, 0.1) is 13.1 Å². The molecular weight excluding hydrogens is 261 g/mol. The fourth-order valence-electron chi connectivity index (χ4n) is 1.16. The number of hydrogen-bond acceptors (Lipinski definition) is 6. The van der Waals surface area contributed by atoms with Crippen LogP contribution >= 0.6 is 0 Å². The maximum Gasteiger partial charge on any atom is 1.00 e. The second kappa shape index (κ2) is 5.02. The van der Waals surface area contributed by atoms with Crippen LogP contribution in [0.3, 0.4) is 0 Å². The molecule has 0 radical (unpaired) electrons. The molecule has 0 aromatic rings. The summed E-state index contributed by atoms with van der Waals surface area (Å²) in [5, 5.41) is 9.31. The van der Waals surface area contributed by atoms with Gasteiger partial charge in [-0.15, -0.1) is 0 Å². The standard InChI is InChI=1S/C8H15NO6S.Na/c1-7(2,3)15-6(10)9-4-8(11,5-9)16(12,13)14;/h11H,4-5H2,1-3H3,(H,12,13,14);/q;+1/p-1. The van der Waals surface area contributed by atoms with Crippen LogP contribution < -0.4 is 29.6 Å². The minimum absolute atomic E-state index is 0. The summed E-state index contributed by atoms with van der Waals surface area (Å²) in [5.74, 6) is 0. The van der Waals surface area contributed by atoms with Gasteiger partial charge in [-0.3, -0.25) is 0 Å². The van der Waals surface area contributed by atoms with Gasteiger partial charge in [0.1, 0.15) is 15.7 Å². The summed E-state index contributed by atoms with van der Waals surface area (Å²) < 4.78 is 36.7. The molecule has 0 aromatic heterocycles. The number of likely N-dealkylation sites (tertiary alicyclic amines) is 1. The SMILES string of the molecule is CC(C)(C)OC(=O)N1CC(O)(S(=O)(=O)[O-])C1.[Na+]. The van der Waals surface area contributed by atoms with Crippen LogP contribution in [0, 0.1) is 0 Å².